The van der Waals surface area contributed by atoms with Gasteiger partial charge in [-0.3, -0.25) is 9.59 Å². The van der Waals surface area contributed by atoms with Crippen molar-refractivity contribution in [2.75, 3.05) is 0 Å². The lowest BCUT2D eigenvalue weighted by Crippen LogP contribution is -2.61. The van der Waals surface area contributed by atoms with E-state index in [-0.39, 0.29) is 12.4 Å². The Morgan fingerprint density at radius 1 is 1.38 bits per heavy atom. The highest BCUT2D eigenvalue weighted by Crippen LogP contribution is 2.62. The van der Waals surface area contributed by atoms with E-state index in [2.05, 4.69) is 0 Å². The molecule has 2 aliphatic rings. The van der Waals surface area contributed by atoms with Gasteiger partial charge in [-0.15, -0.1) is 0 Å². The molecule has 2 aliphatic carbocycles. The summed E-state index contributed by atoms with van der Waals surface area (Å²) in [5.41, 5.74) is 5.00. The number of halogens is 1. The maximum Gasteiger partial charge on any atom is 0.326 e. The first-order valence-corrected chi connectivity index (χ1v) is 7.49. The van der Waals surface area contributed by atoms with Crippen LogP contribution >= 0.6 is 0 Å². The highest BCUT2D eigenvalue weighted by atomic mass is 19.1. The minimum absolute atomic E-state index is 0.0632. The quantitative estimate of drug-likeness (QED) is 0.599. The molecule has 1 aromatic rings. The number of benzene rings is 1. The van der Waals surface area contributed by atoms with Crippen molar-refractivity contribution in [3.05, 3.63) is 35.1 Å². The molecule has 0 radical (unpaired) electrons. The van der Waals surface area contributed by atoms with Crippen molar-refractivity contribution < 1.29 is 34.0 Å². The van der Waals surface area contributed by atoms with Crippen LogP contribution in [0.25, 0.3) is 0 Å². The van der Waals surface area contributed by atoms with Gasteiger partial charge in [0.15, 0.2) is 0 Å². The third kappa shape index (κ3) is 2.29. The maximum absolute atomic E-state index is 13.3. The molecule has 0 unspecified atom stereocenters. The Balaban J connectivity index is 1.79. The third-order valence-corrected chi connectivity index (χ3v) is 5.11. The van der Waals surface area contributed by atoms with Crippen molar-refractivity contribution in [2.24, 2.45) is 23.5 Å². The van der Waals surface area contributed by atoms with Crippen molar-refractivity contribution in [3.8, 4) is 0 Å². The second-order valence-electron chi connectivity index (χ2n) is 6.51. The molecule has 130 valence electrons. The Bertz CT molecular complexity index is 710. The summed E-state index contributed by atoms with van der Waals surface area (Å²) in [4.78, 5) is 22.8. The van der Waals surface area contributed by atoms with E-state index in [4.69, 9.17) is 15.6 Å². The molecule has 0 aromatic heterocycles. The van der Waals surface area contributed by atoms with Crippen molar-refractivity contribution >= 4 is 11.9 Å². The lowest BCUT2D eigenvalue weighted by molar-refractivity contribution is -0.157. The first-order chi connectivity index (χ1) is 11.2. The van der Waals surface area contributed by atoms with Crippen LogP contribution in [0.4, 0.5) is 4.39 Å². The molecule has 0 bridgehead atoms. The normalized spacial score (nSPS) is 37.1. The van der Waals surface area contributed by atoms with Crippen LogP contribution in [0.5, 0.6) is 0 Å². The van der Waals surface area contributed by atoms with Crippen LogP contribution in [0.15, 0.2) is 18.2 Å². The zero-order valence-electron chi connectivity index (χ0n) is 12.8. The van der Waals surface area contributed by atoms with Crippen LogP contribution in [0.2, 0.25) is 0 Å². The molecule has 3 rings (SSSR count). The molecule has 5 N–H and O–H groups in total. The molecule has 24 heavy (non-hydrogen) atoms. The highest BCUT2D eigenvalue weighted by Gasteiger charge is 2.78. The van der Waals surface area contributed by atoms with Gasteiger partial charge in [-0.2, -0.15) is 0 Å². The van der Waals surface area contributed by atoms with Gasteiger partial charge in [0, 0.05) is 11.8 Å². The number of carbonyl (C=O) groups is 2. The molecule has 2 saturated carbocycles. The zero-order chi connectivity index (χ0) is 17.8. The Morgan fingerprint density at radius 2 is 2.04 bits per heavy atom. The van der Waals surface area contributed by atoms with Crippen molar-refractivity contribution in [3.63, 3.8) is 0 Å². The van der Waals surface area contributed by atoms with Gasteiger partial charge >= 0.3 is 11.9 Å². The fraction of sp³-hybridized carbons (Fsp3) is 0.500. The SMILES string of the molecule is Cc1cc(CO[C@@H]2[C@H](O)[C@H]3[C@H](C(=O)O)[C@H]3[C@]2(N)C(=O)O)ccc1F. The minimum Gasteiger partial charge on any atom is -0.481 e. The van der Waals surface area contributed by atoms with Gasteiger partial charge in [0.2, 0.25) is 0 Å². The number of hydrogen-bond donors (Lipinski definition) is 4. The summed E-state index contributed by atoms with van der Waals surface area (Å²) in [7, 11) is 0. The third-order valence-electron chi connectivity index (χ3n) is 5.11. The number of carboxylic acid groups (broad SMARTS) is 2. The van der Waals surface area contributed by atoms with E-state index >= 15 is 0 Å². The number of rotatable bonds is 5. The molecule has 7 nitrogen and oxygen atoms in total. The van der Waals surface area contributed by atoms with Crippen LogP contribution in [0, 0.1) is 30.5 Å². The lowest BCUT2D eigenvalue weighted by Gasteiger charge is -2.32. The summed E-state index contributed by atoms with van der Waals surface area (Å²) in [5.74, 6) is -5.53. The second kappa shape index (κ2) is 5.51. The number of fused-ring (bicyclic) bond motifs is 1. The van der Waals surface area contributed by atoms with Crippen molar-refractivity contribution in [1.82, 2.24) is 0 Å². The first kappa shape index (κ1) is 16.8. The number of aliphatic carboxylic acids is 2. The van der Waals surface area contributed by atoms with E-state index in [1.165, 1.54) is 12.1 Å². The number of aliphatic hydroxyl groups excluding tert-OH is 1. The minimum atomic E-state index is -1.97. The number of hydrogen-bond acceptors (Lipinski definition) is 5. The predicted octanol–water partition coefficient (Wildman–Crippen LogP) is 0.123. The summed E-state index contributed by atoms with van der Waals surface area (Å²) in [5, 5.41) is 28.9. The average Bonchev–Trinajstić information content (AvgIpc) is 3.21. The number of ether oxygens (including phenoxy) is 1. The van der Waals surface area contributed by atoms with E-state index in [1.807, 2.05) is 0 Å². The molecule has 6 atom stereocenters. The van der Waals surface area contributed by atoms with E-state index in [9.17, 15) is 24.2 Å². The molecule has 0 amide bonds. The van der Waals surface area contributed by atoms with Gasteiger partial charge in [-0.25, -0.2) is 4.39 Å². The molecular weight excluding hydrogens is 321 g/mol. The van der Waals surface area contributed by atoms with E-state index in [0.717, 1.165) is 0 Å². The smallest absolute Gasteiger partial charge is 0.326 e. The van der Waals surface area contributed by atoms with E-state index in [1.54, 1.807) is 13.0 Å². The molecule has 0 heterocycles. The van der Waals surface area contributed by atoms with Gasteiger partial charge in [0.05, 0.1) is 18.6 Å². The summed E-state index contributed by atoms with van der Waals surface area (Å²) in [6.45, 7) is 1.52. The number of aliphatic hydroxyl groups is 1. The summed E-state index contributed by atoms with van der Waals surface area (Å²) in [6, 6.07) is 4.31. The Morgan fingerprint density at radius 3 is 2.58 bits per heavy atom. The Labute approximate surface area is 136 Å². The zero-order valence-corrected chi connectivity index (χ0v) is 12.8. The van der Waals surface area contributed by atoms with Crippen LogP contribution in [-0.2, 0) is 20.9 Å². The molecule has 0 aliphatic heterocycles. The molecule has 0 spiro atoms. The van der Waals surface area contributed by atoms with Crippen molar-refractivity contribution in [2.45, 2.75) is 31.3 Å². The lowest BCUT2D eigenvalue weighted by atomic mass is 9.88. The first-order valence-electron chi connectivity index (χ1n) is 7.49. The molecule has 0 saturated heterocycles. The van der Waals surface area contributed by atoms with Gasteiger partial charge in [-0.1, -0.05) is 12.1 Å². The second-order valence-corrected chi connectivity index (χ2v) is 6.51. The number of aryl methyl sites for hydroxylation is 1. The van der Waals surface area contributed by atoms with Crippen LogP contribution in [-0.4, -0.2) is 45.0 Å². The van der Waals surface area contributed by atoms with Gasteiger partial charge < -0.3 is 25.8 Å². The van der Waals surface area contributed by atoms with Crippen LogP contribution in [0.3, 0.4) is 0 Å². The standard InChI is InChI=1S/C16H18FNO6/c1-6-4-7(2-3-8(6)17)5-24-13-12(19)9-10(14(20)21)11(9)16(13,18)15(22)23/h2-4,9-13,19H,5,18H2,1H3,(H,20,21)(H,22,23)/t9-,10-,11-,12+,13+,16+/m0/s1. The molecule has 1 aromatic carbocycles. The van der Waals surface area contributed by atoms with Gasteiger partial charge in [-0.05, 0) is 24.1 Å². The van der Waals surface area contributed by atoms with Gasteiger partial charge in [0.1, 0.15) is 17.5 Å². The number of nitrogens with two attached hydrogens (primary N) is 1. The topological polar surface area (TPSA) is 130 Å². The summed E-state index contributed by atoms with van der Waals surface area (Å²) < 4.78 is 18.8. The average molecular weight is 339 g/mol. The fourth-order valence-electron chi connectivity index (χ4n) is 3.85. The molecule has 2 fully saturated rings. The monoisotopic (exact) mass is 339 g/mol. The molecular formula is C16H18FNO6. The largest absolute Gasteiger partial charge is 0.481 e. The van der Waals surface area contributed by atoms with E-state index < -0.39 is 47.4 Å². The molecule has 8 heteroatoms. The Hall–Kier alpha value is -2.03. The van der Waals surface area contributed by atoms with E-state index in [0.29, 0.717) is 11.1 Å². The van der Waals surface area contributed by atoms with Gasteiger partial charge in [0.25, 0.3) is 0 Å². The number of carboxylic acids is 2. The van der Waals surface area contributed by atoms with Crippen LogP contribution in [0.1, 0.15) is 11.1 Å². The highest BCUT2D eigenvalue weighted by molar-refractivity contribution is 5.86. The maximum atomic E-state index is 13.3. The Kier molecular flexibility index (Phi) is 3.86. The van der Waals surface area contributed by atoms with Crippen molar-refractivity contribution in [1.29, 1.82) is 0 Å². The summed E-state index contributed by atoms with van der Waals surface area (Å²) >= 11 is 0. The predicted molar refractivity (Wildman–Crippen MR) is 78.4 cm³/mol. The van der Waals surface area contributed by atoms with Crippen LogP contribution < -0.4 is 5.73 Å². The summed E-state index contributed by atoms with van der Waals surface area (Å²) in [6.07, 6.45) is -2.51. The fourth-order valence-corrected chi connectivity index (χ4v) is 3.85.